The molecule has 1 aromatic heterocycles. The minimum absolute atomic E-state index is 0.00725. The average Bonchev–Trinajstić information content (AvgIpc) is 3.34. The van der Waals surface area contributed by atoms with Crippen molar-refractivity contribution in [3.05, 3.63) is 96.7 Å². The summed E-state index contributed by atoms with van der Waals surface area (Å²) in [4.78, 5) is 14.1. The van der Waals surface area contributed by atoms with Gasteiger partial charge in [0.05, 0.1) is 6.42 Å². The van der Waals surface area contributed by atoms with Crippen LogP contribution in [-0.2, 0) is 17.8 Å². The molecular weight excluding hydrogens is 372 g/mol. The summed E-state index contributed by atoms with van der Waals surface area (Å²) in [5.74, 6) is 0.257. The highest BCUT2D eigenvalue weighted by Gasteiger charge is 2.33. The summed E-state index contributed by atoms with van der Waals surface area (Å²) in [6, 6.07) is 30.7. The highest BCUT2D eigenvalue weighted by molar-refractivity contribution is 5.97. The minimum atomic E-state index is -0.815. The van der Waals surface area contributed by atoms with E-state index in [0.717, 1.165) is 52.5 Å². The van der Waals surface area contributed by atoms with Gasteiger partial charge in [0, 0.05) is 35.6 Å². The zero-order valence-electron chi connectivity index (χ0n) is 16.5. The molecule has 148 valence electrons. The Morgan fingerprint density at radius 3 is 1.83 bits per heavy atom. The number of nitrogens with zero attached hydrogens (tertiary/aromatic N) is 2. The number of aliphatic carboxylic acids is 1. The van der Waals surface area contributed by atoms with E-state index in [0.29, 0.717) is 0 Å². The SMILES string of the molecule is O=C(O)Cc1c(-c2ccccc2)c(-c2ccccc2)c2n1CCN2c1ccccc1. The zero-order valence-corrected chi connectivity index (χ0v) is 16.5. The number of fused-ring (bicyclic) bond motifs is 1. The van der Waals surface area contributed by atoms with Crippen LogP contribution in [0.3, 0.4) is 0 Å². The van der Waals surface area contributed by atoms with Crippen LogP contribution in [0.15, 0.2) is 91.0 Å². The lowest BCUT2D eigenvalue weighted by molar-refractivity contribution is -0.136. The lowest BCUT2D eigenvalue weighted by Gasteiger charge is -2.20. The number of carboxylic acid groups (broad SMARTS) is 1. The molecular formula is C26H22N2O2. The van der Waals surface area contributed by atoms with Gasteiger partial charge in [-0.3, -0.25) is 4.79 Å². The van der Waals surface area contributed by atoms with E-state index in [1.165, 1.54) is 0 Å². The standard InChI is InChI=1S/C26H22N2O2/c29-23(30)18-22-24(19-10-4-1-5-11-19)25(20-12-6-2-7-13-20)26-27(16-17-28(22)26)21-14-8-3-9-15-21/h1-15H,16-18H2,(H,29,30). The van der Waals surface area contributed by atoms with Crippen LogP contribution in [0.4, 0.5) is 11.5 Å². The van der Waals surface area contributed by atoms with Crippen molar-refractivity contribution in [2.75, 3.05) is 11.4 Å². The third kappa shape index (κ3) is 3.07. The van der Waals surface area contributed by atoms with Crippen LogP contribution < -0.4 is 4.90 Å². The Morgan fingerprint density at radius 2 is 1.27 bits per heavy atom. The molecule has 0 unspecified atom stereocenters. The van der Waals surface area contributed by atoms with Gasteiger partial charge in [-0.05, 0) is 23.3 Å². The number of rotatable bonds is 5. The van der Waals surface area contributed by atoms with Gasteiger partial charge in [0.2, 0.25) is 0 Å². The number of hydrogen-bond acceptors (Lipinski definition) is 2. The summed E-state index contributed by atoms with van der Waals surface area (Å²) < 4.78 is 2.20. The fourth-order valence-electron chi connectivity index (χ4n) is 4.46. The number of anilines is 2. The Labute approximate surface area is 175 Å². The first-order valence-corrected chi connectivity index (χ1v) is 10.1. The Bertz CT molecular complexity index is 1180. The number of hydrogen-bond donors (Lipinski definition) is 1. The van der Waals surface area contributed by atoms with Crippen molar-refractivity contribution >= 4 is 17.5 Å². The first kappa shape index (κ1) is 18.3. The molecule has 0 aliphatic carbocycles. The van der Waals surface area contributed by atoms with Crippen molar-refractivity contribution in [3.8, 4) is 22.3 Å². The molecule has 0 amide bonds. The second-order valence-corrected chi connectivity index (χ2v) is 7.46. The molecule has 0 bridgehead atoms. The molecule has 3 aromatic carbocycles. The lowest BCUT2D eigenvalue weighted by atomic mass is 9.94. The summed E-state index contributed by atoms with van der Waals surface area (Å²) >= 11 is 0. The van der Waals surface area contributed by atoms with Gasteiger partial charge in [0.25, 0.3) is 0 Å². The third-order valence-corrected chi connectivity index (χ3v) is 5.66. The van der Waals surface area contributed by atoms with Crippen LogP contribution in [0.2, 0.25) is 0 Å². The van der Waals surface area contributed by atoms with Gasteiger partial charge < -0.3 is 14.6 Å². The van der Waals surface area contributed by atoms with Crippen LogP contribution in [0.1, 0.15) is 5.69 Å². The number of carbonyl (C=O) groups is 1. The fourth-order valence-corrected chi connectivity index (χ4v) is 4.46. The van der Waals surface area contributed by atoms with E-state index in [2.05, 4.69) is 45.9 Å². The predicted octanol–water partition coefficient (Wildman–Crippen LogP) is 5.60. The molecule has 4 heteroatoms. The molecule has 0 spiro atoms. The molecule has 1 aliphatic heterocycles. The first-order valence-electron chi connectivity index (χ1n) is 10.1. The molecule has 0 atom stereocenters. The molecule has 4 nitrogen and oxygen atoms in total. The van der Waals surface area contributed by atoms with Crippen molar-refractivity contribution in [2.24, 2.45) is 0 Å². The van der Waals surface area contributed by atoms with Crippen molar-refractivity contribution < 1.29 is 9.90 Å². The van der Waals surface area contributed by atoms with Gasteiger partial charge >= 0.3 is 5.97 Å². The van der Waals surface area contributed by atoms with Crippen molar-refractivity contribution in [1.29, 1.82) is 0 Å². The molecule has 30 heavy (non-hydrogen) atoms. The van der Waals surface area contributed by atoms with Crippen LogP contribution in [0.5, 0.6) is 0 Å². The summed E-state index contributed by atoms with van der Waals surface area (Å²) in [6.45, 7) is 1.58. The maximum Gasteiger partial charge on any atom is 0.309 e. The fraction of sp³-hybridized carbons (Fsp3) is 0.115. The topological polar surface area (TPSA) is 45.5 Å². The molecule has 5 rings (SSSR count). The van der Waals surface area contributed by atoms with Gasteiger partial charge in [-0.2, -0.15) is 0 Å². The second kappa shape index (κ2) is 7.56. The van der Waals surface area contributed by atoms with E-state index in [1.54, 1.807) is 0 Å². The monoisotopic (exact) mass is 394 g/mol. The van der Waals surface area contributed by atoms with E-state index >= 15 is 0 Å². The van der Waals surface area contributed by atoms with Crippen molar-refractivity contribution in [3.63, 3.8) is 0 Å². The summed E-state index contributed by atoms with van der Waals surface area (Å²) in [7, 11) is 0. The summed E-state index contributed by atoms with van der Waals surface area (Å²) in [5, 5.41) is 9.71. The largest absolute Gasteiger partial charge is 0.481 e. The molecule has 4 aromatic rings. The van der Waals surface area contributed by atoms with Crippen LogP contribution in [0, 0.1) is 0 Å². The third-order valence-electron chi connectivity index (χ3n) is 5.66. The van der Waals surface area contributed by atoms with Crippen molar-refractivity contribution in [2.45, 2.75) is 13.0 Å². The number of aromatic nitrogens is 1. The molecule has 1 N–H and O–H groups in total. The number of para-hydroxylation sites is 1. The maximum absolute atomic E-state index is 11.8. The second-order valence-electron chi connectivity index (χ2n) is 7.46. The number of carboxylic acids is 1. The van der Waals surface area contributed by atoms with Gasteiger partial charge in [-0.15, -0.1) is 0 Å². The molecule has 1 aliphatic rings. The molecule has 0 saturated heterocycles. The zero-order chi connectivity index (χ0) is 20.5. The molecule has 2 heterocycles. The highest BCUT2D eigenvalue weighted by Crippen LogP contribution is 2.48. The van der Waals surface area contributed by atoms with Crippen molar-refractivity contribution in [1.82, 2.24) is 4.57 Å². The Kier molecular flexibility index (Phi) is 4.60. The smallest absolute Gasteiger partial charge is 0.309 e. The summed E-state index contributed by atoms with van der Waals surface area (Å²) in [5.41, 5.74) is 6.23. The average molecular weight is 394 g/mol. The van der Waals surface area contributed by atoms with Crippen LogP contribution in [-0.4, -0.2) is 22.2 Å². The lowest BCUT2D eigenvalue weighted by Crippen LogP contribution is -2.14. The van der Waals surface area contributed by atoms with E-state index in [-0.39, 0.29) is 6.42 Å². The summed E-state index contributed by atoms with van der Waals surface area (Å²) in [6.07, 6.45) is -0.00725. The Balaban J connectivity index is 1.83. The van der Waals surface area contributed by atoms with E-state index in [4.69, 9.17) is 0 Å². The quantitative estimate of drug-likeness (QED) is 0.479. The molecule has 0 fully saturated rings. The van der Waals surface area contributed by atoms with E-state index in [1.807, 2.05) is 54.6 Å². The van der Waals surface area contributed by atoms with Gasteiger partial charge in [0.15, 0.2) is 0 Å². The molecule has 0 saturated carbocycles. The van der Waals surface area contributed by atoms with Crippen LogP contribution >= 0.6 is 0 Å². The minimum Gasteiger partial charge on any atom is -0.481 e. The normalized spacial score (nSPS) is 12.7. The predicted molar refractivity (Wildman–Crippen MR) is 120 cm³/mol. The van der Waals surface area contributed by atoms with E-state index < -0.39 is 5.97 Å². The molecule has 0 radical (unpaired) electrons. The number of benzene rings is 3. The van der Waals surface area contributed by atoms with Gasteiger partial charge in [-0.1, -0.05) is 78.9 Å². The van der Waals surface area contributed by atoms with Gasteiger partial charge in [-0.25, -0.2) is 0 Å². The Hall–Kier alpha value is -3.79. The Morgan fingerprint density at radius 1 is 0.733 bits per heavy atom. The first-order chi connectivity index (χ1) is 14.7. The van der Waals surface area contributed by atoms with Crippen LogP contribution in [0.25, 0.3) is 22.3 Å². The van der Waals surface area contributed by atoms with Gasteiger partial charge in [0.1, 0.15) is 5.82 Å². The highest BCUT2D eigenvalue weighted by atomic mass is 16.4. The maximum atomic E-state index is 11.8. The van der Waals surface area contributed by atoms with E-state index in [9.17, 15) is 9.90 Å².